The van der Waals surface area contributed by atoms with E-state index in [1.807, 2.05) is 5.43 Å². The van der Waals surface area contributed by atoms with Gasteiger partial charge in [0, 0.05) is 5.03 Å². The molecule has 0 spiro atoms. The molecule has 0 heterocycles. The number of allylic oxidation sites excluding steroid dienone is 2. The van der Waals surface area contributed by atoms with Crippen molar-refractivity contribution < 1.29 is 4.79 Å². The minimum Gasteiger partial charge on any atom is -0.350 e. The number of carbonyl (C=O) groups excluding carboxylic acids is 1. The van der Waals surface area contributed by atoms with Gasteiger partial charge >= 0.3 is 6.03 Å². The van der Waals surface area contributed by atoms with Gasteiger partial charge in [-0.3, -0.25) is 0 Å². The van der Waals surface area contributed by atoms with Crippen LogP contribution in [0.5, 0.6) is 0 Å². The lowest BCUT2D eigenvalue weighted by Crippen LogP contribution is -2.24. The van der Waals surface area contributed by atoms with Crippen LogP contribution < -0.4 is 11.2 Å². The summed E-state index contributed by atoms with van der Waals surface area (Å²) in [4.78, 5) is 10.1. The van der Waals surface area contributed by atoms with Crippen LogP contribution in [0.4, 0.5) is 4.79 Å². The minimum absolute atomic E-state index is 0.625. The number of carbonyl (C=O) groups is 1. The van der Waals surface area contributed by atoms with Crippen LogP contribution in [-0.4, -0.2) is 12.2 Å². The van der Waals surface area contributed by atoms with Crippen LogP contribution in [0.2, 0.25) is 0 Å². The van der Waals surface area contributed by atoms with Crippen molar-refractivity contribution in [2.75, 3.05) is 0 Å². The number of primary amides is 1. The largest absolute Gasteiger partial charge is 0.350 e. The van der Waals surface area contributed by atoms with Crippen molar-refractivity contribution in [2.24, 2.45) is 10.8 Å². The van der Waals surface area contributed by atoms with Crippen LogP contribution in [0, 0.1) is 0 Å². The molecule has 0 aromatic rings. The Morgan fingerprint density at radius 2 is 2.18 bits per heavy atom. The molecule has 4 nitrogen and oxygen atoms in total. The highest BCUT2D eigenvalue weighted by Gasteiger charge is 1.88. The summed E-state index contributed by atoms with van der Waals surface area (Å²) < 4.78 is 0. The first-order valence-corrected chi connectivity index (χ1v) is 3.33. The molecule has 0 unspecified atom stereocenters. The van der Waals surface area contributed by atoms with E-state index in [2.05, 4.69) is 5.10 Å². The third-order valence-electron chi connectivity index (χ3n) is 0.976. The van der Waals surface area contributed by atoms with Gasteiger partial charge in [0.2, 0.25) is 0 Å². The Bertz CT molecular complexity index is 206. The standard InChI is InChI=1S/C6H10ClN3O/c1-4(5(2)7)3-9-10-6(8)11/h3H,1-2H3,(H3,8,10,11)/b5-4-,9-3+. The number of nitrogens with one attached hydrogen (secondary N) is 1. The van der Waals surface area contributed by atoms with Crippen molar-refractivity contribution in [1.29, 1.82) is 0 Å². The number of hydrogen-bond acceptors (Lipinski definition) is 2. The van der Waals surface area contributed by atoms with Gasteiger partial charge in [-0.2, -0.15) is 5.10 Å². The average molecular weight is 176 g/mol. The molecule has 0 bridgehead atoms. The molecule has 5 heteroatoms. The predicted molar refractivity (Wildman–Crippen MR) is 45.4 cm³/mol. The fraction of sp³-hybridized carbons (Fsp3) is 0.333. The van der Waals surface area contributed by atoms with Crippen molar-refractivity contribution in [1.82, 2.24) is 5.43 Å². The minimum atomic E-state index is -0.693. The molecule has 0 saturated carbocycles. The Balaban J connectivity index is 3.95. The summed E-state index contributed by atoms with van der Waals surface area (Å²) in [7, 11) is 0. The molecule has 0 fully saturated rings. The zero-order chi connectivity index (χ0) is 8.85. The predicted octanol–water partition coefficient (Wildman–Crippen LogP) is 1.17. The lowest BCUT2D eigenvalue weighted by molar-refractivity contribution is 0.249. The molecular formula is C6H10ClN3O. The number of urea groups is 1. The summed E-state index contributed by atoms with van der Waals surface area (Å²) in [5.74, 6) is 0. The van der Waals surface area contributed by atoms with Crippen LogP contribution in [0.15, 0.2) is 15.7 Å². The molecule has 0 saturated heterocycles. The number of amides is 2. The Labute approximate surface area is 70.1 Å². The first-order chi connectivity index (χ1) is 5.04. The number of nitrogens with zero attached hydrogens (tertiary/aromatic N) is 1. The zero-order valence-corrected chi connectivity index (χ0v) is 7.14. The highest BCUT2D eigenvalue weighted by molar-refractivity contribution is 6.30. The van der Waals surface area contributed by atoms with Gasteiger partial charge in [0.25, 0.3) is 0 Å². The van der Waals surface area contributed by atoms with Gasteiger partial charge in [0.05, 0.1) is 6.21 Å². The van der Waals surface area contributed by atoms with Gasteiger partial charge in [-0.15, -0.1) is 0 Å². The van der Waals surface area contributed by atoms with Crippen LogP contribution in [0.3, 0.4) is 0 Å². The Kier molecular flexibility index (Phi) is 4.29. The topological polar surface area (TPSA) is 67.5 Å². The third kappa shape index (κ3) is 5.42. The highest BCUT2D eigenvalue weighted by Crippen LogP contribution is 2.03. The monoisotopic (exact) mass is 175 g/mol. The van der Waals surface area contributed by atoms with Crippen molar-refractivity contribution in [3.63, 3.8) is 0 Å². The molecule has 3 N–H and O–H groups in total. The second kappa shape index (κ2) is 4.73. The normalized spacial score (nSPS) is 13.0. The molecule has 0 rings (SSSR count). The highest BCUT2D eigenvalue weighted by atomic mass is 35.5. The number of hydrogen-bond donors (Lipinski definition) is 2. The van der Waals surface area contributed by atoms with Gasteiger partial charge in [-0.1, -0.05) is 11.6 Å². The van der Waals surface area contributed by atoms with E-state index >= 15 is 0 Å². The van der Waals surface area contributed by atoms with Gasteiger partial charge in [-0.05, 0) is 19.4 Å². The summed E-state index contributed by atoms with van der Waals surface area (Å²) in [5, 5.41) is 4.13. The molecular weight excluding hydrogens is 166 g/mol. The van der Waals surface area contributed by atoms with Gasteiger partial charge in [-0.25, -0.2) is 10.2 Å². The lowest BCUT2D eigenvalue weighted by atomic mass is 10.3. The number of rotatable bonds is 2. The lowest BCUT2D eigenvalue weighted by Gasteiger charge is -1.92. The zero-order valence-electron chi connectivity index (χ0n) is 6.39. The maximum Gasteiger partial charge on any atom is 0.332 e. The molecule has 0 aliphatic carbocycles. The molecule has 62 valence electrons. The van der Waals surface area contributed by atoms with E-state index in [0.717, 1.165) is 5.57 Å². The SMILES string of the molecule is C/C(Cl)=C(C)/C=N/NC(N)=O. The fourth-order valence-corrected chi connectivity index (χ4v) is 0.330. The Morgan fingerprint density at radius 1 is 1.64 bits per heavy atom. The number of hydrazone groups is 1. The van der Waals surface area contributed by atoms with Gasteiger partial charge in [0.1, 0.15) is 0 Å². The van der Waals surface area contributed by atoms with Crippen molar-refractivity contribution in [2.45, 2.75) is 13.8 Å². The summed E-state index contributed by atoms with van der Waals surface area (Å²) in [6.45, 7) is 3.50. The average Bonchev–Trinajstić information content (AvgIpc) is 1.86. The first-order valence-electron chi connectivity index (χ1n) is 2.95. The number of halogens is 1. The fourth-order valence-electron chi connectivity index (χ4n) is 0.282. The van der Waals surface area contributed by atoms with Crippen LogP contribution in [0.25, 0.3) is 0 Å². The maximum atomic E-state index is 10.1. The smallest absolute Gasteiger partial charge is 0.332 e. The van der Waals surface area contributed by atoms with E-state index in [0.29, 0.717) is 5.03 Å². The van der Waals surface area contributed by atoms with Crippen LogP contribution >= 0.6 is 11.6 Å². The van der Waals surface area contributed by atoms with Crippen molar-refractivity contribution in [3.8, 4) is 0 Å². The number of nitrogens with two attached hydrogens (primary N) is 1. The third-order valence-corrected chi connectivity index (χ3v) is 1.27. The molecule has 0 aliphatic heterocycles. The van der Waals surface area contributed by atoms with Gasteiger partial charge < -0.3 is 5.73 Å². The van der Waals surface area contributed by atoms with Crippen LogP contribution in [-0.2, 0) is 0 Å². The second-order valence-electron chi connectivity index (χ2n) is 1.95. The maximum absolute atomic E-state index is 10.1. The van der Waals surface area contributed by atoms with E-state index in [-0.39, 0.29) is 0 Å². The second-order valence-corrected chi connectivity index (χ2v) is 2.52. The van der Waals surface area contributed by atoms with E-state index in [1.165, 1.54) is 6.21 Å². The van der Waals surface area contributed by atoms with Crippen molar-refractivity contribution in [3.05, 3.63) is 10.6 Å². The molecule has 0 radical (unpaired) electrons. The summed E-state index contributed by atoms with van der Waals surface area (Å²) in [6, 6.07) is -0.693. The Hall–Kier alpha value is -1.03. The van der Waals surface area contributed by atoms with Crippen molar-refractivity contribution >= 4 is 23.8 Å². The quantitative estimate of drug-likeness (QED) is 0.480. The molecule has 2 amide bonds. The van der Waals surface area contributed by atoms with E-state index in [1.54, 1.807) is 13.8 Å². The summed E-state index contributed by atoms with van der Waals surface area (Å²) in [6.07, 6.45) is 1.42. The first kappa shape index (κ1) is 9.97. The summed E-state index contributed by atoms with van der Waals surface area (Å²) >= 11 is 5.59. The molecule has 0 aliphatic rings. The van der Waals surface area contributed by atoms with Crippen LogP contribution in [0.1, 0.15) is 13.8 Å². The molecule has 0 aromatic heterocycles. The van der Waals surface area contributed by atoms with Gasteiger partial charge in [0.15, 0.2) is 0 Å². The summed E-state index contributed by atoms with van der Waals surface area (Å²) in [5.41, 5.74) is 7.57. The van der Waals surface area contributed by atoms with E-state index in [4.69, 9.17) is 17.3 Å². The van der Waals surface area contributed by atoms with E-state index in [9.17, 15) is 4.79 Å². The Morgan fingerprint density at radius 3 is 2.55 bits per heavy atom. The molecule has 11 heavy (non-hydrogen) atoms. The molecule has 0 atom stereocenters. The molecule has 0 aromatic carbocycles. The van der Waals surface area contributed by atoms with E-state index < -0.39 is 6.03 Å².